The van der Waals surface area contributed by atoms with Gasteiger partial charge in [-0.05, 0) is 111 Å². The van der Waals surface area contributed by atoms with Crippen LogP contribution in [-0.4, -0.2) is 38.8 Å². The zero-order valence-corrected chi connectivity index (χ0v) is 20.4. The Bertz CT molecular complexity index is 1450. The van der Waals surface area contributed by atoms with Gasteiger partial charge in [0.1, 0.15) is 11.6 Å². The summed E-state index contributed by atoms with van der Waals surface area (Å²) in [4.78, 5) is 27.7. The summed E-state index contributed by atoms with van der Waals surface area (Å²) in [5.74, 6) is 3.21. The summed E-state index contributed by atoms with van der Waals surface area (Å²) >= 11 is 0. The Labute approximate surface area is 210 Å². The van der Waals surface area contributed by atoms with Crippen LogP contribution in [0, 0.1) is 17.7 Å². The molecule has 2 aromatic carbocycles. The van der Waals surface area contributed by atoms with Gasteiger partial charge >= 0.3 is 0 Å². The van der Waals surface area contributed by atoms with Crippen molar-refractivity contribution in [2.75, 3.05) is 13.1 Å². The minimum Gasteiger partial charge on any atom is -0.342 e. The van der Waals surface area contributed by atoms with E-state index in [1.807, 2.05) is 29.3 Å². The van der Waals surface area contributed by atoms with Gasteiger partial charge in [-0.1, -0.05) is 0 Å². The van der Waals surface area contributed by atoms with Crippen molar-refractivity contribution in [1.29, 1.82) is 0 Å². The van der Waals surface area contributed by atoms with E-state index in [4.69, 9.17) is 4.98 Å². The van der Waals surface area contributed by atoms with E-state index in [1.54, 1.807) is 12.1 Å². The number of benzene rings is 2. The first-order valence-electron chi connectivity index (χ1n) is 13.5. The Hall–Kier alpha value is -3.28. The van der Waals surface area contributed by atoms with E-state index in [1.165, 1.54) is 24.5 Å². The zero-order valence-electron chi connectivity index (χ0n) is 20.4. The van der Waals surface area contributed by atoms with Gasteiger partial charge in [-0.15, -0.1) is 0 Å². The van der Waals surface area contributed by atoms with Gasteiger partial charge in [-0.2, -0.15) is 0 Å². The number of likely N-dealkylation sites (tertiary alicyclic amines) is 1. The molecule has 0 bridgehead atoms. The third kappa shape index (κ3) is 3.87. The smallest absolute Gasteiger partial charge is 0.253 e. The predicted octanol–water partition coefficient (Wildman–Crippen LogP) is 6.56. The first-order valence-corrected chi connectivity index (χ1v) is 13.5. The molecule has 1 atom stereocenters. The largest absolute Gasteiger partial charge is 0.342 e. The highest BCUT2D eigenvalue weighted by Gasteiger charge is 2.41. The standard InChI is InChI=1S/C30H31FN4O/c31-22-9-11-25-24(17-22)23(12-13-32-25)18-2-4-19(5-3-18)28(20-6-7-20)29-33-26-10-8-21(16-27(26)34-29)30(36)35-14-1-15-35/h8-13,16-20,28H,1-7,14-15H2,(H,33,34)/t18-,19+,28?. The SMILES string of the molecule is O=C(c1ccc2[nH]c(C(C3CC3)[C@H]3CC[C@@H](c4ccnc5ccc(F)cc54)CC3)nc2c1)N1CCC1. The Kier molecular flexibility index (Phi) is 5.30. The number of fused-ring (bicyclic) bond motifs is 2. The lowest BCUT2D eigenvalue weighted by atomic mass is 9.72. The molecule has 1 amide bonds. The van der Waals surface area contributed by atoms with Crippen molar-refractivity contribution in [2.45, 2.75) is 56.8 Å². The fraction of sp³-hybridized carbons (Fsp3) is 0.433. The molecular weight excluding hydrogens is 451 g/mol. The van der Waals surface area contributed by atoms with Gasteiger partial charge in [-0.25, -0.2) is 9.37 Å². The summed E-state index contributed by atoms with van der Waals surface area (Å²) in [5, 5.41) is 0.959. The maximum absolute atomic E-state index is 14.0. The number of aromatic nitrogens is 3. The lowest BCUT2D eigenvalue weighted by Gasteiger charge is -2.34. The van der Waals surface area contributed by atoms with Crippen LogP contribution in [-0.2, 0) is 0 Å². The monoisotopic (exact) mass is 482 g/mol. The number of hydrogen-bond acceptors (Lipinski definition) is 3. The van der Waals surface area contributed by atoms with E-state index in [0.717, 1.165) is 78.5 Å². The molecule has 6 heteroatoms. The molecule has 4 aromatic rings. The van der Waals surface area contributed by atoms with E-state index in [2.05, 4.69) is 16.0 Å². The van der Waals surface area contributed by atoms with Crippen molar-refractivity contribution < 1.29 is 9.18 Å². The number of aromatic amines is 1. The van der Waals surface area contributed by atoms with Crippen LogP contribution < -0.4 is 0 Å². The number of amides is 1. The number of carbonyl (C=O) groups excluding carboxylic acids is 1. The third-order valence-electron chi connectivity index (χ3n) is 8.79. The molecule has 3 aliphatic rings. The number of carbonyl (C=O) groups is 1. The van der Waals surface area contributed by atoms with Crippen molar-refractivity contribution in [2.24, 2.45) is 11.8 Å². The van der Waals surface area contributed by atoms with Gasteiger partial charge in [0, 0.05) is 36.2 Å². The van der Waals surface area contributed by atoms with E-state index >= 15 is 0 Å². The number of nitrogens with one attached hydrogen (secondary N) is 1. The van der Waals surface area contributed by atoms with Crippen molar-refractivity contribution in [3.8, 4) is 0 Å². The van der Waals surface area contributed by atoms with Crippen LogP contribution in [0.3, 0.4) is 0 Å². The second-order valence-corrected chi connectivity index (χ2v) is 11.0. The molecule has 2 aromatic heterocycles. The average Bonchev–Trinajstić information content (AvgIpc) is 3.60. The molecule has 0 radical (unpaired) electrons. The van der Waals surface area contributed by atoms with Crippen LogP contribution in [0.5, 0.6) is 0 Å². The first kappa shape index (κ1) is 22.0. The van der Waals surface area contributed by atoms with Crippen molar-refractivity contribution in [3.63, 3.8) is 0 Å². The summed E-state index contributed by atoms with van der Waals surface area (Å²) in [6.45, 7) is 1.72. The lowest BCUT2D eigenvalue weighted by molar-refractivity contribution is 0.0652. The Balaban J connectivity index is 1.12. The van der Waals surface area contributed by atoms with Crippen molar-refractivity contribution in [1.82, 2.24) is 19.9 Å². The van der Waals surface area contributed by atoms with Gasteiger partial charge < -0.3 is 9.88 Å². The van der Waals surface area contributed by atoms with Gasteiger partial charge in [-0.3, -0.25) is 9.78 Å². The van der Waals surface area contributed by atoms with Crippen LogP contribution in [0.1, 0.15) is 78.5 Å². The lowest BCUT2D eigenvalue weighted by Crippen LogP contribution is -2.41. The number of imidazole rings is 1. The fourth-order valence-electron chi connectivity index (χ4n) is 6.59. The Morgan fingerprint density at radius 3 is 2.44 bits per heavy atom. The molecule has 0 spiro atoms. The molecule has 1 aliphatic heterocycles. The molecule has 5 nitrogen and oxygen atoms in total. The molecule has 3 heterocycles. The van der Waals surface area contributed by atoms with E-state index in [9.17, 15) is 9.18 Å². The predicted molar refractivity (Wildman–Crippen MR) is 138 cm³/mol. The average molecular weight is 483 g/mol. The molecule has 7 rings (SSSR count). The fourth-order valence-corrected chi connectivity index (χ4v) is 6.59. The number of pyridine rings is 1. The minimum absolute atomic E-state index is 0.119. The maximum atomic E-state index is 14.0. The van der Waals surface area contributed by atoms with Gasteiger partial charge in [0.15, 0.2) is 0 Å². The highest BCUT2D eigenvalue weighted by Crippen LogP contribution is 2.52. The molecular formula is C30H31FN4O. The van der Waals surface area contributed by atoms with Crippen molar-refractivity contribution in [3.05, 3.63) is 71.4 Å². The maximum Gasteiger partial charge on any atom is 0.253 e. The summed E-state index contributed by atoms with van der Waals surface area (Å²) in [6, 6.07) is 12.9. The number of H-pyrrole nitrogens is 1. The quantitative estimate of drug-likeness (QED) is 0.350. The molecule has 1 unspecified atom stereocenters. The van der Waals surface area contributed by atoms with Crippen LogP contribution in [0.4, 0.5) is 4.39 Å². The highest BCUT2D eigenvalue weighted by atomic mass is 19.1. The number of rotatable bonds is 5. The van der Waals surface area contributed by atoms with Crippen LogP contribution >= 0.6 is 0 Å². The third-order valence-corrected chi connectivity index (χ3v) is 8.79. The van der Waals surface area contributed by atoms with E-state index in [0.29, 0.717) is 23.7 Å². The number of nitrogens with zero attached hydrogens (tertiary/aromatic N) is 3. The minimum atomic E-state index is -0.196. The first-order chi connectivity index (χ1) is 17.6. The van der Waals surface area contributed by atoms with E-state index in [-0.39, 0.29) is 11.7 Å². The zero-order chi connectivity index (χ0) is 24.2. The second kappa shape index (κ2) is 8.68. The Morgan fingerprint density at radius 1 is 0.944 bits per heavy atom. The van der Waals surface area contributed by atoms with Crippen LogP contribution in [0.15, 0.2) is 48.7 Å². The second-order valence-electron chi connectivity index (χ2n) is 11.0. The summed E-state index contributed by atoms with van der Waals surface area (Å²) in [5.41, 5.74) is 4.78. The molecule has 3 fully saturated rings. The van der Waals surface area contributed by atoms with Gasteiger partial charge in [0.05, 0.1) is 16.6 Å². The molecule has 2 saturated carbocycles. The summed E-state index contributed by atoms with van der Waals surface area (Å²) < 4.78 is 14.0. The molecule has 1 N–H and O–H groups in total. The highest BCUT2D eigenvalue weighted by molar-refractivity contribution is 5.97. The summed E-state index contributed by atoms with van der Waals surface area (Å²) in [6.07, 6.45) is 10.0. The topological polar surface area (TPSA) is 61.9 Å². The number of halogens is 1. The molecule has 2 aliphatic carbocycles. The molecule has 36 heavy (non-hydrogen) atoms. The number of hydrogen-bond donors (Lipinski definition) is 1. The Morgan fingerprint density at radius 2 is 1.72 bits per heavy atom. The normalized spacial score (nSPS) is 23.1. The van der Waals surface area contributed by atoms with Gasteiger partial charge in [0.25, 0.3) is 5.91 Å². The van der Waals surface area contributed by atoms with Crippen molar-refractivity contribution >= 4 is 27.8 Å². The molecule has 184 valence electrons. The summed E-state index contributed by atoms with van der Waals surface area (Å²) in [7, 11) is 0. The van der Waals surface area contributed by atoms with Crippen LogP contribution in [0.25, 0.3) is 21.9 Å². The van der Waals surface area contributed by atoms with Crippen LogP contribution in [0.2, 0.25) is 0 Å². The van der Waals surface area contributed by atoms with E-state index < -0.39 is 0 Å². The van der Waals surface area contributed by atoms with Gasteiger partial charge in [0.2, 0.25) is 0 Å². The molecule has 1 saturated heterocycles.